The van der Waals surface area contributed by atoms with Gasteiger partial charge in [-0.15, -0.1) is 11.8 Å². The first kappa shape index (κ1) is 18.4. The first-order valence-corrected chi connectivity index (χ1v) is 8.78. The van der Waals surface area contributed by atoms with Crippen molar-refractivity contribution < 1.29 is 9.59 Å². The lowest BCUT2D eigenvalue weighted by Gasteiger charge is -2.12. The molecule has 24 heavy (non-hydrogen) atoms. The van der Waals surface area contributed by atoms with Gasteiger partial charge in [0.05, 0.1) is 11.3 Å². The van der Waals surface area contributed by atoms with Crippen molar-refractivity contribution in [2.75, 3.05) is 19.8 Å². The highest BCUT2D eigenvalue weighted by Gasteiger charge is 2.13. The van der Waals surface area contributed by atoms with Gasteiger partial charge in [-0.25, -0.2) is 0 Å². The Morgan fingerprint density at radius 2 is 1.88 bits per heavy atom. The van der Waals surface area contributed by atoms with Crippen molar-refractivity contribution in [2.24, 2.45) is 0 Å². The molecule has 0 aliphatic rings. The van der Waals surface area contributed by atoms with E-state index in [4.69, 9.17) is 11.6 Å². The molecule has 2 aromatic rings. The highest BCUT2D eigenvalue weighted by Crippen LogP contribution is 2.23. The van der Waals surface area contributed by atoms with Crippen LogP contribution in [0.3, 0.4) is 0 Å². The van der Waals surface area contributed by atoms with E-state index in [-0.39, 0.29) is 11.8 Å². The Kier molecular flexibility index (Phi) is 6.70. The number of rotatable bonds is 6. The Bertz CT molecular complexity index is 734. The standard InChI is InChI=1S/C18H19ClN2O2S/c1-21(2)17(22)12-24-16-9-4-3-8-15(16)18(23)20-11-13-6-5-7-14(19)10-13/h3-10H,11-12H2,1-2H3,(H,20,23). The lowest BCUT2D eigenvalue weighted by molar-refractivity contribution is -0.125. The van der Waals surface area contributed by atoms with Crippen molar-refractivity contribution in [1.82, 2.24) is 10.2 Å². The zero-order valence-corrected chi connectivity index (χ0v) is 15.2. The molecule has 126 valence electrons. The van der Waals surface area contributed by atoms with Crippen LogP contribution in [0.1, 0.15) is 15.9 Å². The van der Waals surface area contributed by atoms with Gasteiger partial charge in [0.25, 0.3) is 5.91 Å². The van der Waals surface area contributed by atoms with Gasteiger partial charge in [0.15, 0.2) is 0 Å². The fourth-order valence-electron chi connectivity index (χ4n) is 1.97. The van der Waals surface area contributed by atoms with Crippen molar-refractivity contribution in [2.45, 2.75) is 11.4 Å². The summed E-state index contributed by atoms with van der Waals surface area (Å²) in [5, 5.41) is 3.53. The summed E-state index contributed by atoms with van der Waals surface area (Å²) in [5.74, 6) is 0.135. The minimum absolute atomic E-state index is 0.00846. The van der Waals surface area contributed by atoms with Crippen molar-refractivity contribution in [3.8, 4) is 0 Å². The highest BCUT2D eigenvalue weighted by molar-refractivity contribution is 8.00. The van der Waals surface area contributed by atoms with E-state index in [0.29, 0.717) is 22.9 Å². The molecule has 0 radical (unpaired) electrons. The molecule has 2 rings (SSSR count). The maximum atomic E-state index is 12.4. The van der Waals surface area contributed by atoms with Crippen molar-refractivity contribution in [3.63, 3.8) is 0 Å². The summed E-state index contributed by atoms with van der Waals surface area (Å²) in [4.78, 5) is 26.5. The summed E-state index contributed by atoms with van der Waals surface area (Å²) in [6, 6.07) is 14.6. The number of benzene rings is 2. The SMILES string of the molecule is CN(C)C(=O)CSc1ccccc1C(=O)NCc1cccc(Cl)c1. The third-order valence-electron chi connectivity index (χ3n) is 3.32. The molecule has 0 aromatic heterocycles. The molecule has 1 N–H and O–H groups in total. The second kappa shape index (κ2) is 8.76. The predicted molar refractivity (Wildman–Crippen MR) is 98.5 cm³/mol. The van der Waals surface area contributed by atoms with Crippen molar-refractivity contribution in [1.29, 1.82) is 0 Å². The van der Waals surface area contributed by atoms with Crippen LogP contribution in [0.5, 0.6) is 0 Å². The summed E-state index contributed by atoms with van der Waals surface area (Å²) < 4.78 is 0. The van der Waals surface area contributed by atoms with Gasteiger partial charge >= 0.3 is 0 Å². The Hall–Kier alpha value is -1.98. The number of amides is 2. The van der Waals surface area contributed by atoms with E-state index in [0.717, 1.165) is 10.5 Å². The maximum Gasteiger partial charge on any atom is 0.252 e. The summed E-state index contributed by atoms with van der Waals surface area (Å²) in [6.07, 6.45) is 0. The lowest BCUT2D eigenvalue weighted by atomic mass is 10.2. The van der Waals surface area contributed by atoms with Gasteiger partial charge in [-0.1, -0.05) is 35.9 Å². The van der Waals surface area contributed by atoms with E-state index in [9.17, 15) is 9.59 Å². The molecule has 2 aromatic carbocycles. The van der Waals surface area contributed by atoms with Crippen LogP contribution >= 0.6 is 23.4 Å². The van der Waals surface area contributed by atoms with Crippen LogP contribution < -0.4 is 5.32 Å². The van der Waals surface area contributed by atoms with E-state index in [1.165, 1.54) is 16.7 Å². The number of carbonyl (C=O) groups is 2. The third kappa shape index (κ3) is 5.28. The average molecular weight is 363 g/mol. The third-order valence-corrected chi connectivity index (χ3v) is 4.62. The Morgan fingerprint density at radius 1 is 1.12 bits per heavy atom. The molecule has 0 aliphatic carbocycles. The summed E-state index contributed by atoms with van der Waals surface area (Å²) >= 11 is 7.31. The van der Waals surface area contributed by atoms with Crippen LogP contribution in [0.2, 0.25) is 5.02 Å². The van der Waals surface area contributed by atoms with Gasteiger partial charge in [-0.05, 0) is 29.8 Å². The van der Waals surface area contributed by atoms with Crippen LogP contribution in [0.25, 0.3) is 0 Å². The van der Waals surface area contributed by atoms with E-state index in [1.54, 1.807) is 26.2 Å². The Labute approximate surface area is 151 Å². The lowest BCUT2D eigenvalue weighted by Crippen LogP contribution is -2.25. The van der Waals surface area contributed by atoms with Crippen LogP contribution in [0.15, 0.2) is 53.4 Å². The normalized spacial score (nSPS) is 10.3. The largest absolute Gasteiger partial charge is 0.348 e. The van der Waals surface area contributed by atoms with Gasteiger partial charge in [0, 0.05) is 30.6 Å². The number of nitrogens with one attached hydrogen (secondary N) is 1. The number of carbonyl (C=O) groups excluding carboxylic acids is 2. The fraction of sp³-hybridized carbons (Fsp3) is 0.222. The minimum Gasteiger partial charge on any atom is -0.348 e. The molecule has 0 aliphatic heterocycles. The number of thioether (sulfide) groups is 1. The minimum atomic E-state index is -0.171. The number of hydrogen-bond donors (Lipinski definition) is 1. The summed E-state index contributed by atoms with van der Waals surface area (Å²) in [5.41, 5.74) is 1.50. The van der Waals surface area contributed by atoms with E-state index in [2.05, 4.69) is 5.32 Å². The quantitative estimate of drug-likeness (QED) is 0.801. The second-order valence-electron chi connectivity index (χ2n) is 5.39. The van der Waals surface area contributed by atoms with Crippen molar-refractivity contribution in [3.05, 3.63) is 64.7 Å². The molecule has 0 spiro atoms. The molecule has 0 heterocycles. The summed E-state index contributed by atoms with van der Waals surface area (Å²) in [6.45, 7) is 0.398. The number of hydrogen-bond acceptors (Lipinski definition) is 3. The zero-order chi connectivity index (χ0) is 17.5. The monoisotopic (exact) mass is 362 g/mol. The van der Waals surface area contributed by atoms with Gasteiger partial charge in [-0.3, -0.25) is 9.59 Å². The molecule has 0 fully saturated rings. The molecule has 0 unspecified atom stereocenters. The number of halogens is 1. The van der Waals surface area contributed by atoms with Gasteiger partial charge in [0.2, 0.25) is 5.91 Å². The zero-order valence-electron chi connectivity index (χ0n) is 13.6. The van der Waals surface area contributed by atoms with E-state index in [1.807, 2.05) is 36.4 Å². The smallest absolute Gasteiger partial charge is 0.252 e. The maximum absolute atomic E-state index is 12.4. The van der Waals surface area contributed by atoms with Crippen LogP contribution in [-0.4, -0.2) is 36.6 Å². The molecular formula is C18H19ClN2O2S. The van der Waals surface area contributed by atoms with Crippen LogP contribution in [0, 0.1) is 0 Å². The molecule has 0 atom stereocenters. The van der Waals surface area contributed by atoms with Crippen LogP contribution in [-0.2, 0) is 11.3 Å². The first-order valence-electron chi connectivity index (χ1n) is 7.42. The second-order valence-corrected chi connectivity index (χ2v) is 6.84. The first-order chi connectivity index (χ1) is 11.5. The van der Waals surface area contributed by atoms with E-state index >= 15 is 0 Å². The molecule has 0 bridgehead atoms. The predicted octanol–water partition coefficient (Wildman–Crippen LogP) is 3.45. The molecule has 6 heteroatoms. The molecule has 0 saturated carbocycles. The Morgan fingerprint density at radius 3 is 2.58 bits per heavy atom. The van der Waals surface area contributed by atoms with Gasteiger partial charge < -0.3 is 10.2 Å². The fourth-order valence-corrected chi connectivity index (χ4v) is 3.21. The Balaban J connectivity index is 2.02. The van der Waals surface area contributed by atoms with Gasteiger partial charge in [-0.2, -0.15) is 0 Å². The molecule has 4 nitrogen and oxygen atoms in total. The van der Waals surface area contributed by atoms with Gasteiger partial charge in [0.1, 0.15) is 0 Å². The van der Waals surface area contributed by atoms with E-state index < -0.39 is 0 Å². The topological polar surface area (TPSA) is 49.4 Å². The van der Waals surface area contributed by atoms with Crippen LogP contribution in [0.4, 0.5) is 0 Å². The average Bonchev–Trinajstić information content (AvgIpc) is 2.57. The van der Waals surface area contributed by atoms with Crippen molar-refractivity contribution >= 4 is 35.2 Å². The molecule has 0 saturated heterocycles. The number of nitrogens with zero attached hydrogens (tertiary/aromatic N) is 1. The molecule has 2 amide bonds. The highest BCUT2D eigenvalue weighted by atomic mass is 35.5. The molecular weight excluding hydrogens is 344 g/mol. The summed E-state index contributed by atoms with van der Waals surface area (Å²) in [7, 11) is 3.43.